The third kappa shape index (κ3) is 3.69. The molecule has 1 unspecified atom stereocenters. The second-order valence-electron chi connectivity index (χ2n) is 5.07. The fourth-order valence-corrected chi connectivity index (χ4v) is 2.94. The van der Waals surface area contributed by atoms with Gasteiger partial charge in [-0.25, -0.2) is 9.78 Å². The van der Waals surface area contributed by atoms with E-state index in [0.717, 1.165) is 42.7 Å². The first-order valence-electron chi connectivity index (χ1n) is 7.05. The van der Waals surface area contributed by atoms with Crippen LogP contribution in [0.5, 0.6) is 0 Å². The van der Waals surface area contributed by atoms with Crippen LogP contribution >= 0.6 is 0 Å². The SMILES string of the molecule is CCCc1nc2cc(C(=O)O)ccc2n1CCCS(C)=O. The second-order valence-corrected chi connectivity index (χ2v) is 6.62. The molecule has 0 bridgehead atoms. The van der Waals surface area contributed by atoms with Gasteiger partial charge in [-0.2, -0.15) is 0 Å². The monoisotopic (exact) mass is 308 g/mol. The van der Waals surface area contributed by atoms with E-state index in [4.69, 9.17) is 5.11 Å². The van der Waals surface area contributed by atoms with Gasteiger partial charge in [-0.15, -0.1) is 0 Å². The summed E-state index contributed by atoms with van der Waals surface area (Å²) in [5.74, 6) is 0.695. The number of nitrogens with zero attached hydrogens (tertiary/aromatic N) is 2. The number of hydrogen-bond acceptors (Lipinski definition) is 3. The molecule has 1 atom stereocenters. The fraction of sp³-hybridized carbons (Fsp3) is 0.467. The van der Waals surface area contributed by atoms with Crippen molar-refractivity contribution in [1.29, 1.82) is 0 Å². The average Bonchev–Trinajstić information content (AvgIpc) is 2.76. The van der Waals surface area contributed by atoms with Gasteiger partial charge in [0.1, 0.15) is 5.82 Å². The van der Waals surface area contributed by atoms with Crippen molar-refractivity contribution < 1.29 is 14.1 Å². The molecule has 0 saturated heterocycles. The molecule has 114 valence electrons. The molecule has 0 radical (unpaired) electrons. The van der Waals surface area contributed by atoms with Crippen LogP contribution < -0.4 is 0 Å². The first-order chi connectivity index (χ1) is 10.0. The maximum absolute atomic E-state index is 11.2. The molecule has 0 aliphatic rings. The summed E-state index contributed by atoms with van der Waals surface area (Å²) in [6, 6.07) is 5.04. The number of aromatic nitrogens is 2. The minimum atomic E-state index is -0.940. The van der Waals surface area contributed by atoms with Crippen molar-refractivity contribution in [3.05, 3.63) is 29.6 Å². The molecular weight excluding hydrogens is 288 g/mol. The van der Waals surface area contributed by atoms with E-state index < -0.39 is 16.8 Å². The Morgan fingerprint density at radius 1 is 1.43 bits per heavy atom. The minimum absolute atomic E-state index is 0.255. The van der Waals surface area contributed by atoms with Crippen LogP contribution in [0.3, 0.4) is 0 Å². The Balaban J connectivity index is 2.37. The predicted molar refractivity (Wildman–Crippen MR) is 84.2 cm³/mol. The normalized spacial score (nSPS) is 12.7. The number of carbonyl (C=O) groups is 1. The first kappa shape index (κ1) is 15.7. The van der Waals surface area contributed by atoms with Gasteiger partial charge < -0.3 is 9.67 Å². The summed E-state index contributed by atoms with van der Waals surface area (Å²) in [4.78, 5) is 15.6. The summed E-state index contributed by atoms with van der Waals surface area (Å²) >= 11 is 0. The number of aryl methyl sites for hydroxylation is 2. The highest BCUT2D eigenvalue weighted by Gasteiger charge is 2.12. The molecule has 0 saturated carbocycles. The van der Waals surface area contributed by atoms with E-state index in [-0.39, 0.29) is 5.56 Å². The zero-order chi connectivity index (χ0) is 15.4. The average molecular weight is 308 g/mol. The Kier molecular flexibility index (Phi) is 5.12. The van der Waals surface area contributed by atoms with E-state index in [1.165, 1.54) is 0 Å². The highest BCUT2D eigenvalue weighted by Crippen LogP contribution is 2.20. The lowest BCUT2D eigenvalue weighted by Gasteiger charge is -2.08. The van der Waals surface area contributed by atoms with E-state index in [0.29, 0.717) is 5.75 Å². The quantitative estimate of drug-likeness (QED) is 0.853. The van der Waals surface area contributed by atoms with Gasteiger partial charge in [-0.3, -0.25) is 4.21 Å². The highest BCUT2D eigenvalue weighted by atomic mass is 32.2. The molecule has 1 N–H and O–H groups in total. The van der Waals surface area contributed by atoms with Crippen LogP contribution in [0.1, 0.15) is 35.9 Å². The Bertz CT molecular complexity index is 679. The van der Waals surface area contributed by atoms with Gasteiger partial charge in [0.2, 0.25) is 0 Å². The standard InChI is InChI=1S/C15H20N2O3S/c1-3-5-14-16-12-10-11(15(18)19)6-7-13(12)17(14)8-4-9-21(2)20/h6-7,10H,3-5,8-9H2,1-2H3,(H,18,19). The van der Waals surface area contributed by atoms with Crippen molar-refractivity contribution in [2.24, 2.45) is 0 Å². The second kappa shape index (κ2) is 6.85. The van der Waals surface area contributed by atoms with Gasteiger partial charge in [0.25, 0.3) is 0 Å². The molecule has 0 spiro atoms. The van der Waals surface area contributed by atoms with Crippen LogP contribution in [0.15, 0.2) is 18.2 Å². The van der Waals surface area contributed by atoms with Crippen molar-refractivity contribution >= 4 is 27.8 Å². The Labute approximate surface area is 126 Å². The molecular formula is C15H20N2O3S. The van der Waals surface area contributed by atoms with Crippen LogP contribution in [0.4, 0.5) is 0 Å². The molecule has 0 fully saturated rings. The van der Waals surface area contributed by atoms with Crippen LogP contribution in [0.25, 0.3) is 11.0 Å². The molecule has 1 aromatic heterocycles. The van der Waals surface area contributed by atoms with Gasteiger partial charge in [-0.05, 0) is 31.0 Å². The van der Waals surface area contributed by atoms with Crippen molar-refractivity contribution in [2.45, 2.75) is 32.7 Å². The third-order valence-electron chi connectivity index (χ3n) is 3.36. The van der Waals surface area contributed by atoms with Gasteiger partial charge in [0.15, 0.2) is 0 Å². The van der Waals surface area contributed by atoms with Gasteiger partial charge in [0, 0.05) is 35.8 Å². The summed E-state index contributed by atoms with van der Waals surface area (Å²) in [6.07, 6.45) is 4.37. The number of benzene rings is 1. The van der Waals surface area contributed by atoms with E-state index in [9.17, 15) is 9.00 Å². The molecule has 0 aliphatic heterocycles. The van der Waals surface area contributed by atoms with Crippen molar-refractivity contribution in [2.75, 3.05) is 12.0 Å². The number of carboxylic acids is 1. The number of carboxylic acid groups (broad SMARTS) is 1. The predicted octanol–water partition coefficient (Wildman–Crippen LogP) is 2.46. The molecule has 2 aromatic rings. The van der Waals surface area contributed by atoms with Gasteiger partial charge in [0.05, 0.1) is 16.6 Å². The molecule has 0 amide bonds. The third-order valence-corrected chi connectivity index (χ3v) is 4.22. The lowest BCUT2D eigenvalue weighted by Crippen LogP contribution is -2.07. The number of hydrogen-bond donors (Lipinski definition) is 1. The zero-order valence-corrected chi connectivity index (χ0v) is 13.2. The first-order valence-corrected chi connectivity index (χ1v) is 8.78. The summed E-state index contributed by atoms with van der Waals surface area (Å²) in [7, 11) is -0.792. The van der Waals surface area contributed by atoms with Crippen LogP contribution in [-0.4, -0.2) is 36.8 Å². The molecule has 21 heavy (non-hydrogen) atoms. The minimum Gasteiger partial charge on any atom is -0.478 e. The summed E-state index contributed by atoms with van der Waals surface area (Å²) < 4.78 is 13.3. The van der Waals surface area contributed by atoms with E-state index >= 15 is 0 Å². The number of aromatic carboxylic acids is 1. The summed E-state index contributed by atoms with van der Waals surface area (Å²) in [5.41, 5.74) is 1.92. The highest BCUT2D eigenvalue weighted by molar-refractivity contribution is 7.84. The van der Waals surface area contributed by atoms with Crippen LogP contribution in [0.2, 0.25) is 0 Å². The lowest BCUT2D eigenvalue weighted by molar-refractivity contribution is 0.0697. The van der Waals surface area contributed by atoms with Crippen molar-refractivity contribution in [3.63, 3.8) is 0 Å². The smallest absolute Gasteiger partial charge is 0.335 e. The van der Waals surface area contributed by atoms with E-state index in [2.05, 4.69) is 16.5 Å². The zero-order valence-electron chi connectivity index (χ0n) is 12.3. The molecule has 1 heterocycles. The van der Waals surface area contributed by atoms with Gasteiger partial charge in [-0.1, -0.05) is 6.92 Å². The van der Waals surface area contributed by atoms with Crippen LogP contribution in [0, 0.1) is 0 Å². The molecule has 0 aliphatic carbocycles. The Morgan fingerprint density at radius 2 is 2.19 bits per heavy atom. The Hall–Kier alpha value is -1.69. The van der Waals surface area contributed by atoms with E-state index in [1.54, 1.807) is 18.4 Å². The largest absolute Gasteiger partial charge is 0.478 e. The molecule has 2 rings (SSSR count). The lowest BCUT2D eigenvalue weighted by atomic mass is 10.2. The van der Waals surface area contributed by atoms with Crippen LogP contribution in [-0.2, 0) is 23.8 Å². The number of fused-ring (bicyclic) bond motifs is 1. The molecule has 5 nitrogen and oxygen atoms in total. The summed E-state index contributed by atoms with van der Waals surface area (Å²) in [5, 5.41) is 9.06. The number of rotatable bonds is 7. The summed E-state index contributed by atoms with van der Waals surface area (Å²) in [6.45, 7) is 2.85. The number of imidazole rings is 1. The fourth-order valence-electron chi connectivity index (χ4n) is 2.40. The van der Waals surface area contributed by atoms with Crippen molar-refractivity contribution in [1.82, 2.24) is 9.55 Å². The molecule has 1 aromatic carbocycles. The topological polar surface area (TPSA) is 72.2 Å². The molecule has 6 heteroatoms. The van der Waals surface area contributed by atoms with E-state index in [1.807, 2.05) is 6.07 Å². The maximum atomic E-state index is 11.2. The van der Waals surface area contributed by atoms with Crippen molar-refractivity contribution in [3.8, 4) is 0 Å². The Morgan fingerprint density at radius 3 is 2.81 bits per heavy atom. The maximum Gasteiger partial charge on any atom is 0.335 e. The van der Waals surface area contributed by atoms with Gasteiger partial charge >= 0.3 is 5.97 Å².